The summed E-state index contributed by atoms with van der Waals surface area (Å²) in [6.07, 6.45) is 7.26. The number of rotatable bonds is 10. The van der Waals surface area contributed by atoms with E-state index in [1.165, 1.54) is 5.69 Å². The minimum Gasteiger partial charge on any atom is -0.371 e. The molecule has 1 atom stereocenters. The Morgan fingerprint density at radius 3 is 2.31 bits per heavy atom. The highest BCUT2D eigenvalue weighted by molar-refractivity contribution is 6.23. The fourth-order valence-electron chi connectivity index (χ4n) is 9.55. The Morgan fingerprint density at radius 1 is 0.806 bits per heavy atom. The summed E-state index contributed by atoms with van der Waals surface area (Å²) >= 11 is 0. The van der Waals surface area contributed by atoms with Crippen molar-refractivity contribution in [2.45, 2.75) is 63.6 Å². The van der Waals surface area contributed by atoms with Crippen LogP contribution in [0.1, 0.15) is 81.5 Å². The topological polar surface area (TPSA) is 191 Å². The number of hydrogen-bond donors (Lipinski definition) is 3. The second-order valence-corrected chi connectivity index (χ2v) is 17.1. The zero-order valence-corrected chi connectivity index (χ0v) is 34.5. The van der Waals surface area contributed by atoms with Gasteiger partial charge >= 0.3 is 0 Å². The summed E-state index contributed by atoms with van der Waals surface area (Å²) in [7, 11) is 0. The Labute approximate surface area is 357 Å². The quantitative estimate of drug-likeness (QED) is 0.172. The Balaban J connectivity index is 0.680. The number of anilines is 4. The second kappa shape index (κ2) is 16.3. The summed E-state index contributed by atoms with van der Waals surface area (Å²) in [5, 5.41) is 8.80. The third kappa shape index (κ3) is 7.61. The van der Waals surface area contributed by atoms with Crippen molar-refractivity contribution < 1.29 is 24.0 Å². The molecule has 10 rings (SSSR count). The normalized spacial score (nSPS) is 22.1. The van der Waals surface area contributed by atoms with Crippen molar-refractivity contribution in [3.63, 3.8) is 0 Å². The molecular formula is C45H48N12O5. The van der Waals surface area contributed by atoms with Gasteiger partial charge < -0.3 is 25.0 Å². The molecule has 0 spiro atoms. The molecule has 0 unspecified atom stereocenters. The van der Waals surface area contributed by atoms with E-state index in [0.717, 1.165) is 99.1 Å². The van der Waals surface area contributed by atoms with Crippen LogP contribution in [-0.2, 0) is 9.59 Å². The molecule has 0 bridgehead atoms. The predicted molar refractivity (Wildman–Crippen MR) is 230 cm³/mol. The van der Waals surface area contributed by atoms with E-state index >= 15 is 0 Å². The van der Waals surface area contributed by atoms with E-state index in [9.17, 15) is 24.0 Å². The molecule has 1 saturated carbocycles. The lowest BCUT2D eigenvalue weighted by Crippen LogP contribution is -2.54. The number of carbonyl (C=O) groups excluding carboxylic acids is 5. The van der Waals surface area contributed by atoms with E-state index in [-0.39, 0.29) is 36.7 Å². The molecule has 7 heterocycles. The largest absolute Gasteiger partial charge is 0.371 e. The number of aryl methyl sites for hydroxylation is 1. The molecule has 0 radical (unpaired) electrons. The number of imidazole rings is 1. The second-order valence-electron chi connectivity index (χ2n) is 17.1. The zero-order chi connectivity index (χ0) is 42.5. The molecule has 3 N–H and O–H groups in total. The van der Waals surface area contributed by atoms with Crippen molar-refractivity contribution in [2.75, 3.05) is 60.9 Å². The van der Waals surface area contributed by atoms with Crippen molar-refractivity contribution in [3.05, 3.63) is 95.8 Å². The van der Waals surface area contributed by atoms with Gasteiger partial charge in [-0.1, -0.05) is 6.07 Å². The van der Waals surface area contributed by atoms with Gasteiger partial charge in [-0.25, -0.2) is 19.9 Å². The van der Waals surface area contributed by atoms with Crippen LogP contribution in [0, 0.1) is 12.8 Å². The van der Waals surface area contributed by atoms with Crippen LogP contribution < -0.4 is 25.8 Å². The lowest BCUT2D eigenvalue weighted by atomic mass is 9.86. The molecule has 1 aliphatic carbocycles. The summed E-state index contributed by atoms with van der Waals surface area (Å²) in [5.74, 6) is -0.877. The van der Waals surface area contributed by atoms with Crippen LogP contribution in [0.5, 0.6) is 0 Å². The molecular weight excluding hydrogens is 789 g/mol. The summed E-state index contributed by atoms with van der Waals surface area (Å²) in [5.41, 5.74) is 6.33. The minimum absolute atomic E-state index is 0.0665. The highest BCUT2D eigenvalue weighted by Gasteiger charge is 2.45. The van der Waals surface area contributed by atoms with Crippen molar-refractivity contribution in [3.8, 4) is 0 Å². The molecule has 5 amide bonds. The van der Waals surface area contributed by atoms with Gasteiger partial charge in [-0.05, 0) is 99.5 Å². The molecule has 3 aromatic heterocycles. The average molecular weight is 837 g/mol. The number of amides is 5. The van der Waals surface area contributed by atoms with Gasteiger partial charge in [0.1, 0.15) is 18.1 Å². The maximum atomic E-state index is 13.4. The predicted octanol–water partition coefficient (Wildman–Crippen LogP) is 3.85. The van der Waals surface area contributed by atoms with Crippen molar-refractivity contribution in [1.29, 1.82) is 0 Å². The van der Waals surface area contributed by atoms with Gasteiger partial charge in [-0.15, -0.1) is 0 Å². The van der Waals surface area contributed by atoms with Crippen LogP contribution in [0.15, 0.2) is 73.3 Å². The number of carbonyl (C=O) groups is 5. The summed E-state index contributed by atoms with van der Waals surface area (Å²) < 4.78 is 2.08. The number of aromatic nitrogens is 5. The molecule has 5 aromatic rings. The monoisotopic (exact) mass is 836 g/mol. The van der Waals surface area contributed by atoms with Crippen LogP contribution >= 0.6 is 0 Å². The van der Waals surface area contributed by atoms with Gasteiger partial charge in [0.25, 0.3) is 17.7 Å². The number of nitrogens with zero attached hydrogens (tertiary/aromatic N) is 9. The van der Waals surface area contributed by atoms with E-state index in [1.807, 2.05) is 31.5 Å². The number of piperazine rings is 1. The fraction of sp³-hybridized carbons (Fsp3) is 0.400. The van der Waals surface area contributed by atoms with Crippen LogP contribution in [0.25, 0.3) is 11.2 Å². The molecule has 3 saturated heterocycles. The van der Waals surface area contributed by atoms with E-state index in [2.05, 4.69) is 79.4 Å². The minimum atomic E-state index is -0.967. The van der Waals surface area contributed by atoms with Gasteiger partial charge in [-0.2, -0.15) is 0 Å². The van der Waals surface area contributed by atoms with E-state index in [0.29, 0.717) is 34.1 Å². The lowest BCUT2D eigenvalue weighted by molar-refractivity contribution is -0.136. The van der Waals surface area contributed by atoms with E-state index in [1.54, 1.807) is 24.5 Å². The van der Waals surface area contributed by atoms with Gasteiger partial charge in [0.15, 0.2) is 17.0 Å². The molecule has 62 heavy (non-hydrogen) atoms. The lowest BCUT2D eigenvalue weighted by Gasteiger charge is -2.40. The maximum absolute atomic E-state index is 13.4. The molecule has 5 aliphatic rings. The average Bonchev–Trinajstić information content (AvgIpc) is 3.80. The van der Waals surface area contributed by atoms with E-state index in [4.69, 9.17) is 0 Å². The SMILES string of the molecule is Cc1cccc(C(=O)NC2CC(n3cnc4c(Nc5ccc(N6CCN(CC7CCN(c8ccc9c(c8)C(=O)N([C@H]8CCC(=O)NC8=O)C9=O)CC7)CC6)cc5)ncnc43)C2)n1. The van der Waals surface area contributed by atoms with Gasteiger partial charge in [0.2, 0.25) is 11.8 Å². The van der Waals surface area contributed by atoms with Crippen LogP contribution in [0.2, 0.25) is 0 Å². The number of benzene rings is 2. The van der Waals surface area contributed by atoms with Crippen LogP contribution in [0.4, 0.5) is 22.9 Å². The smallest absolute Gasteiger partial charge is 0.270 e. The van der Waals surface area contributed by atoms with Crippen LogP contribution in [-0.4, -0.2) is 122 Å². The zero-order valence-electron chi connectivity index (χ0n) is 34.5. The Bertz CT molecular complexity index is 2570. The molecule has 4 fully saturated rings. The number of piperidine rings is 2. The first kappa shape index (κ1) is 39.4. The highest BCUT2D eigenvalue weighted by atomic mass is 16.2. The third-order valence-corrected chi connectivity index (χ3v) is 13.1. The first-order chi connectivity index (χ1) is 30.1. The number of pyridine rings is 1. The molecule has 17 nitrogen and oxygen atoms in total. The summed E-state index contributed by atoms with van der Waals surface area (Å²) in [4.78, 5) is 89.7. The molecule has 17 heteroatoms. The number of nitrogens with one attached hydrogen (secondary N) is 3. The van der Waals surface area contributed by atoms with Crippen molar-refractivity contribution in [1.82, 2.24) is 44.9 Å². The highest BCUT2D eigenvalue weighted by Crippen LogP contribution is 2.36. The Morgan fingerprint density at radius 2 is 1.55 bits per heavy atom. The number of fused-ring (bicyclic) bond motifs is 2. The Kier molecular flexibility index (Phi) is 10.3. The number of hydrogen-bond acceptors (Lipinski definition) is 13. The molecule has 2 aromatic carbocycles. The van der Waals surface area contributed by atoms with Crippen molar-refractivity contribution >= 4 is 63.6 Å². The fourth-order valence-corrected chi connectivity index (χ4v) is 9.55. The summed E-state index contributed by atoms with van der Waals surface area (Å²) in [6, 6.07) is 18.6. The first-order valence-electron chi connectivity index (χ1n) is 21.5. The molecule has 4 aliphatic heterocycles. The first-order valence-corrected chi connectivity index (χ1v) is 21.5. The molecule has 318 valence electrons. The van der Waals surface area contributed by atoms with Gasteiger partial charge in [0, 0.05) is 87.1 Å². The standard InChI is InChI=1S/C45H48N12O5/c1-27-3-2-4-36(49-27)42(59)51-30-21-33(22-30)56-26-48-39-40(46-25-47-41(39)56)50-29-5-7-31(8-6-29)55-19-17-53(18-20-55)24-28-13-15-54(16-14-28)32-9-10-34-35(23-32)45(62)57(44(34)61)37-11-12-38(58)52-43(37)60/h2-10,23,25-26,28,30,33,37H,11-22,24H2,1H3,(H,51,59)(H,46,47,50)(H,52,58,60)/t30?,33?,37-/m0/s1. The van der Waals surface area contributed by atoms with Gasteiger partial charge in [0.05, 0.1) is 17.5 Å². The third-order valence-electron chi connectivity index (χ3n) is 13.1. The van der Waals surface area contributed by atoms with Crippen molar-refractivity contribution in [2.24, 2.45) is 5.92 Å². The maximum Gasteiger partial charge on any atom is 0.270 e. The number of imide groups is 2. The van der Waals surface area contributed by atoms with Crippen LogP contribution in [0.3, 0.4) is 0 Å². The van der Waals surface area contributed by atoms with Gasteiger partial charge in [-0.3, -0.25) is 39.1 Å². The Hall–Kier alpha value is -6.75. The van der Waals surface area contributed by atoms with E-state index < -0.39 is 23.8 Å². The summed E-state index contributed by atoms with van der Waals surface area (Å²) in [6.45, 7) is 8.52.